The molecule has 150 valence electrons. The number of amides is 1. The Morgan fingerprint density at radius 2 is 1.83 bits per heavy atom. The quantitative estimate of drug-likeness (QED) is 0.661. The number of hydrogen-bond acceptors (Lipinski definition) is 3. The van der Waals surface area contributed by atoms with E-state index in [0.717, 1.165) is 29.5 Å². The van der Waals surface area contributed by atoms with E-state index in [1.54, 1.807) is 0 Å². The molecule has 1 aliphatic rings. The van der Waals surface area contributed by atoms with Crippen LogP contribution in [0.2, 0.25) is 0 Å². The van der Waals surface area contributed by atoms with Gasteiger partial charge in [0.15, 0.2) is 0 Å². The van der Waals surface area contributed by atoms with Gasteiger partial charge in [0.1, 0.15) is 5.69 Å². The first-order valence-electron chi connectivity index (χ1n) is 10.4. The minimum atomic E-state index is -0.229. The minimum absolute atomic E-state index is 0.0508. The molecule has 5 heteroatoms. The Morgan fingerprint density at radius 3 is 2.62 bits per heavy atom. The largest absolute Gasteiger partial charge is 0.331 e. The number of carbonyl (C=O) groups excluding carboxylic acids is 1. The number of rotatable bonds is 6. The monoisotopic (exact) mass is 389 g/mol. The number of para-hydroxylation sites is 2. The lowest BCUT2D eigenvalue weighted by Crippen LogP contribution is -2.37. The van der Waals surface area contributed by atoms with E-state index < -0.39 is 0 Å². The van der Waals surface area contributed by atoms with E-state index in [2.05, 4.69) is 30.7 Å². The third-order valence-corrected chi connectivity index (χ3v) is 6.18. The Kier molecular flexibility index (Phi) is 5.22. The van der Waals surface area contributed by atoms with Crippen molar-refractivity contribution in [3.8, 4) is 11.3 Å². The van der Waals surface area contributed by atoms with Crippen molar-refractivity contribution in [3.63, 3.8) is 0 Å². The van der Waals surface area contributed by atoms with Crippen molar-refractivity contribution in [2.24, 2.45) is 5.92 Å². The predicted octanol–water partition coefficient (Wildman–Crippen LogP) is 4.76. The highest BCUT2D eigenvalue weighted by molar-refractivity contribution is 6.00. The van der Waals surface area contributed by atoms with Crippen molar-refractivity contribution in [1.29, 1.82) is 0 Å². The molecule has 0 fully saturated rings. The van der Waals surface area contributed by atoms with Crippen LogP contribution in [0.15, 0.2) is 47.3 Å². The summed E-state index contributed by atoms with van der Waals surface area (Å²) in [6, 6.07) is 13.2. The number of nitrogens with one attached hydrogen (secondary N) is 1. The van der Waals surface area contributed by atoms with Gasteiger partial charge in [0, 0.05) is 23.7 Å². The van der Waals surface area contributed by atoms with Crippen LogP contribution in [0.1, 0.15) is 56.0 Å². The van der Waals surface area contributed by atoms with Gasteiger partial charge >= 0.3 is 0 Å². The van der Waals surface area contributed by atoms with Crippen molar-refractivity contribution in [2.45, 2.75) is 52.6 Å². The standard InChI is InChI=1S/C24H27N3O2/c1-4-5-9-15(2)16(3)27-14-19-17(10-8-11-18(19)24(27)29)22-23(28)26-21-13-7-6-12-20(21)25-22/h6-8,10-13,15-16H,4-5,9,14H2,1-3H3,(H,26,28). The molecule has 5 nitrogen and oxygen atoms in total. The summed E-state index contributed by atoms with van der Waals surface area (Å²) in [7, 11) is 0. The Hall–Kier alpha value is -2.95. The molecule has 1 aliphatic heterocycles. The average molecular weight is 389 g/mol. The highest BCUT2D eigenvalue weighted by Gasteiger charge is 2.34. The lowest BCUT2D eigenvalue weighted by molar-refractivity contribution is 0.0657. The van der Waals surface area contributed by atoms with Crippen molar-refractivity contribution >= 4 is 16.9 Å². The molecule has 3 aromatic rings. The maximum absolute atomic E-state index is 13.1. The molecule has 1 N–H and O–H groups in total. The van der Waals surface area contributed by atoms with E-state index in [1.807, 2.05) is 47.4 Å². The molecule has 29 heavy (non-hydrogen) atoms. The third-order valence-electron chi connectivity index (χ3n) is 6.18. The molecule has 0 bridgehead atoms. The average Bonchev–Trinajstić information content (AvgIpc) is 3.07. The number of fused-ring (bicyclic) bond motifs is 2. The number of hydrogen-bond donors (Lipinski definition) is 1. The number of benzene rings is 2. The molecule has 2 heterocycles. The molecular formula is C24H27N3O2. The van der Waals surface area contributed by atoms with Gasteiger partial charge in [-0.15, -0.1) is 0 Å². The summed E-state index contributed by atoms with van der Waals surface area (Å²) in [4.78, 5) is 35.3. The lowest BCUT2D eigenvalue weighted by atomic mass is 9.96. The van der Waals surface area contributed by atoms with Crippen LogP contribution in [0.3, 0.4) is 0 Å². The Bertz CT molecular complexity index is 1120. The number of unbranched alkanes of at least 4 members (excludes halogenated alkanes) is 1. The Balaban J connectivity index is 1.73. The van der Waals surface area contributed by atoms with Gasteiger partial charge in [-0.25, -0.2) is 4.98 Å². The number of carbonyl (C=O) groups is 1. The fraction of sp³-hybridized carbons (Fsp3) is 0.375. The first-order chi connectivity index (χ1) is 14.0. The zero-order valence-electron chi connectivity index (χ0n) is 17.2. The van der Waals surface area contributed by atoms with Gasteiger partial charge in [-0.1, -0.05) is 51.0 Å². The third kappa shape index (κ3) is 3.46. The molecule has 0 saturated carbocycles. The van der Waals surface area contributed by atoms with Crippen LogP contribution >= 0.6 is 0 Å². The normalized spacial score (nSPS) is 15.6. The predicted molar refractivity (Wildman–Crippen MR) is 116 cm³/mol. The summed E-state index contributed by atoms with van der Waals surface area (Å²) in [6.45, 7) is 7.06. The molecule has 0 radical (unpaired) electrons. The minimum Gasteiger partial charge on any atom is -0.331 e. The van der Waals surface area contributed by atoms with Crippen LogP contribution in [-0.2, 0) is 6.54 Å². The van der Waals surface area contributed by atoms with Gasteiger partial charge in [-0.05, 0) is 43.0 Å². The molecule has 2 aromatic carbocycles. The highest BCUT2D eigenvalue weighted by atomic mass is 16.2. The molecule has 4 rings (SSSR count). The van der Waals surface area contributed by atoms with Gasteiger partial charge < -0.3 is 9.88 Å². The summed E-state index contributed by atoms with van der Waals surface area (Å²) >= 11 is 0. The fourth-order valence-electron chi connectivity index (χ4n) is 4.19. The summed E-state index contributed by atoms with van der Waals surface area (Å²) in [6.07, 6.45) is 3.43. The molecule has 0 spiro atoms. The first-order valence-corrected chi connectivity index (χ1v) is 10.4. The molecule has 1 aromatic heterocycles. The smallest absolute Gasteiger partial charge is 0.274 e. The van der Waals surface area contributed by atoms with Gasteiger partial charge in [-0.2, -0.15) is 0 Å². The van der Waals surface area contributed by atoms with E-state index in [9.17, 15) is 9.59 Å². The van der Waals surface area contributed by atoms with Gasteiger partial charge in [-0.3, -0.25) is 9.59 Å². The molecule has 0 saturated heterocycles. The first kappa shape index (κ1) is 19.4. The lowest BCUT2D eigenvalue weighted by Gasteiger charge is -2.29. The van der Waals surface area contributed by atoms with Crippen molar-refractivity contribution in [1.82, 2.24) is 14.9 Å². The van der Waals surface area contributed by atoms with Crippen molar-refractivity contribution < 1.29 is 4.79 Å². The van der Waals surface area contributed by atoms with Crippen molar-refractivity contribution in [3.05, 3.63) is 63.9 Å². The number of H-pyrrole nitrogens is 1. The van der Waals surface area contributed by atoms with E-state index in [-0.39, 0.29) is 17.5 Å². The maximum atomic E-state index is 13.1. The molecule has 1 amide bonds. The van der Waals surface area contributed by atoms with E-state index in [1.165, 1.54) is 6.42 Å². The topological polar surface area (TPSA) is 66.1 Å². The van der Waals surface area contributed by atoms with Gasteiger partial charge in [0.05, 0.1) is 11.0 Å². The highest BCUT2D eigenvalue weighted by Crippen LogP contribution is 2.34. The van der Waals surface area contributed by atoms with E-state index >= 15 is 0 Å². The van der Waals surface area contributed by atoms with Crippen LogP contribution < -0.4 is 5.56 Å². The number of aromatic amines is 1. The second kappa shape index (κ2) is 7.82. The number of aromatic nitrogens is 2. The van der Waals surface area contributed by atoms with E-state index in [0.29, 0.717) is 29.2 Å². The van der Waals surface area contributed by atoms with Crippen LogP contribution in [0, 0.1) is 5.92 Å². The zero-order chi connectivity index (χ0) is 20.5. The van der Waals surface area contributed by atoms with Gasteiger partial charge in [0.25, 0.3) is 11.5 Å². The second-order valence-electron chi connectivity index (χ2n) is 8.06. The SMILES string of the molecule is CCCCC(C)C(C)N1Cc2c(cccc2-c2nc3ccccc3[nH]c2=O)C1=O. The zero-order valence-corrected chi connectivity index (χ0v) is 17.2. The Labute approximate surface area is 170 Å². The van der Waals surface area contributed by atoms with E-state index in [4.69, 9.17) is 0 Å². The summed E-state index contributed by atoms with van der Waals surface area (Å²) in [5, 5.41) is 0. The number of nitrogens with zero attached hydrogens (tertiary/aromatic N) is 2. The molecular weight excluding hydrogens is 362 g/mol. The second-order valence-corrected chi connectivity index (χ2v) is 8.06. The van der Waals surface area contributed by atoms with Crippen LogP contribution in [0.4, 0.5) is 0 Å². The Morgan fingerprint density at radius 1 is 1.07 bits per heavy atom. The summed E-state index contributed by atoms with van der Waals surface area (Å²) < 4.78 is 0. The molecule has 2 unspecified atom stereocenters. The maximum Gasteiger partial charge on any atom is 0.274 e. The van der Waals surface area contributed by atoms with Gasteiger partial charge in [0.2, 0.25) is 0 Å². The van der Waals surface area contributed by atoms with Crippen LogP contribution in [0.5, 0.6) is 0 Å². The fourth-order valence-corrected chi connectivity index (χ4v) is 4.19. The van der Waals surface area contributed by atoms with Crippen molar-refractivity contribution in [2.75, 3.05) is 0 Å². The molecule has 0 aliphatic carbocycles. The molecule has 2 atom stereocenters. The van der Waals surface area contributed by atoms with Crippen LogP contribution in [0.25, 0.3) is 22.3 Å². The summed E-state index contributed by atoms with van der Waals surface area (Å²) in [5.74, 6) is 0.480. The summed E-state index contributed by atoms with van der Waals surface area (Å²) in [5.41, 5.74) is 3.94. The van der Waals surface area contributed by atoms with Crippen LogP contribution in [-0.4, -0.2) is 26.8 Å².